The maximum atomic E-state index is 6.06. The molecule has 0 radical (unpaired) electrons. The van der Waals surface area contributed by atoms with E-state index >= 15 is 0 Å². The molecule has 0 aliphatic heterocycles. The molecule has 1 unspecified atom stereocenters. The number of hydrogen-bond acceptors (Lipinski definition) is 4. The average Bonchev–Trinajstić information content (AvgIpc) is 2.43. The Balaban J connectivity index is 2.31. The molecule has 1 heterocycles. The Kier molecular flexibility index (Phi) is 4.93. The number of rotatable bonds is 6. The van der Waals surface area contributed by atoms with Crippen molar-refractivity contribution in [1.82, 2.24) is 10.2 Å². The van der Waals surface area contributed by atoms with Crippen LogP contribution < -0.4 is 5.32 Å². The van der Waals surface area contributed by atoms with Crippen LogP contribution in [0.4, 0.5) is 5.82 Å². The molecule has 19 heavy (non-hydrogen) atoms. The summed E-state index contributed by atoms with van der Waals surface area (Å²) in [6.07, 6.45) is 2.10. The van der Waals surface area contributed by atoms with E-state index < -0.39 is 0 Å². The van der Waals surface area contributed by atoms with Gasteiger partial charge in [-0.05, 0) is 6.42 Å². The van der Waals surface area contributed by atoms with Gasteiger partial charge in [0.25, 0.3) is 0 Å². The zero-order valence-corrected chi connectivity index (χ0v) is 11.9. The Morgan fingerprint density at radius 1 is 1.26 bits per heavy atom. The molecule has 0 spiro atoms. The molecule has 0 aliphatic carbocycles. The van der Waals surface area contributed by atoms with Gasteiger partial charge in [0, 0.05) is 17.9 Å². The molecule has 2 rings (SSSR count). The van der Waals surface area contributed by atoms with Crippen LogP contribution in [0.2, 0.25) is 5.15 Å². The van der Waals surface area contributed by atoms with Crippen LogP contribution in [0.25, 0.3) is 10.8 Å². The van der Waals surface area contributed by atoms with Gasteiger partial charge in [-0.25, -0.2) is 0 Å². The Labute approximate surface area is 118 Å². The van der Waals surface area contributed by atoms with Crippen molar-refractivity contribution in [2.75, 3.05) is 19.0 Å². The van der Waals surface area contributed by atoms with E-state index in [4.69, 9.17) is 16.3 Å². The maximum absolute atomic E-state index is 6.06. The number of nitrogens with one attached hydrogen (secondary N) is 1. The molecule has 1 aromatic carbocycles. The number of benzene rings is 1. The van der Waals surface area contributed by atoms with Crippen molar-refractivity contribution in [2.24, 2.45) is 0 Å². The molecule has 0 aliphatic rings. The van der Waals surface area contributed by atoms with Crippen LogP contribution in [0.5, 0.6) is 0 Å². The first-order chi connectivity index (χ1) is 9.26. The molecule has 5 heteroatoms. The SMILES string of the molecule is CCCC(COC)Nc1nnc(Cl)c2ccccc12. The van der Waals surface area contributed by atoms with Gasteiger partial charge >= 0.3 is 0 Å². The van der Waals surface area contributed by atoms with Crippen LogP contribution in [0.1, 0.15) is 19.8 Å². The third-order valence-electron chi connectivity index (χ3n) is 2.99. The van der Waals surface area contributed by atoms with Crippen molar-refractivity contribution < 1.29 is 4.74 Å². The lowest BCUT2D eigenvalue weighted by atomic mass is 10.1. The highest BCUT2D eigenvalue weighted by Gasteiger charge is 2.12. The highest BCUT2D eigenvalue weighted by molar-refractivity contribution is 6.34. The number of methoxy groups -OCH3 is 1. The fourth-order valence-corrected chi connectivity index (χ4v) is 2.32. The van der Waals surface area contributed by atoms with E-state index in [2.05, 4.69) is 22.4 Å². The van der Waals surface area contributed by atoms with Crippen LogP contribution in [-0.4, -0.2) is 30.0 Å². The quantitative estimate of drug-likeness (QED) is 0.879. The third-order valence-corrected chi connectivity index (χ3v) is 3.27. The molecule has 0 saturated heterocycles. The fraction of sp³-hybridized carbons (Fsp3) is 0.429. The summed E-state index contributed by atoms with van der Waals surface area (Å²) in [5, 5.41) is 13.9. The van der Waals surface area contributed by atoms with Crippen molar-refractivity contribution in [3.63, 3.8) is 0 Å². The van der Waals surface area contributed by atoms with Crippen LogP contribution in [0, 0.1) is 0 Å². The maximum Gasteiger partial charge on any atom is 0.159 e. The smallest absolute Gasteiger partial charge is 0.159 e. The van der Waals surface area contributed by atoms with Crippen molar-refractivity contribution in [3.8, 4) is 0 Å². The molecular weight excluding hydrogens is 262 g/mol. The van der Waals surface area contributed by atoms with Gasteiger partial charge in [-0.2, -0.15) is 0 Å². The number of halogens is 1. The molecule has 0 fully saturated rings. The van der Waals surface area contributed by atoms with Crippen LogP contribution in [0.15, 0.2) is 24.3 Å². The molecule has 0 saturated carbocycles. The van der Waals surface area contributed by atoms with Gasteiger partial charge in [0.2, 0.25) is 0 Å². The second-order valence-electron chi connectivity index (χ2n) is 4.47. The Bertz CT molecular complexity index is 541. The van der Waals surface area contributed by atoms with Gasteiger partial charge in [0.05, 0.1) is 12.6 Å². The third kappa shape index (κ3) is 3.33. The number of nitrogens with zero attached hydrogens (tertiary/aromatic N) is 2. The lowest BCUT2D eigenvalue weighted by molar-refractivity contribution is 0.182. The second-order valence-corrected chi connectivity index (χ2v) is 4.83. The van der Waals surface area contributed by atoms with Crippen molar-refractivity contribution in [3.05, 3.63) is 29.4 Å². The standard InChI is InChI=1S/C14H18ClN3O/c1-3-6-10(9-19-2)16-14-12-8-5-4-7-11(12)13(15)17-18-14/h4-5,7-8,10H,3,6,9H2,1-2H3,(H,16,18). The first kappa shape index (κ1) is 14.0. The second kappa shape index (κ2) is 6.68. The van der Waals surface area contributed by atoms with E-state index in [0.717, 1.165) is 29.4 Å². The molecule has 4 nitrogen and oxygen atoms in total. The van der Waals surface area contributed by atoms with E-state index in [9.17, 15) is 0 Å². The minimum absolute atomic E-state index is 0.230. The summed E-state index contributed by atoms with van der Waals surface area (Å²) >= 11 is 6.06. The predicted molar refractivity (Wildman–Crippen MR) is 78.7 cm³/mol. The minimum Gasteiger partial charge on any atom is -0.383 e. The molecule has 1 N–H and O–H groups in total. The molecular formula is C14H18ClN3O. The van der Waals surface area contributed by atoms with Gasteiger partial charge in [-0.1, -0.05) is 49.2 Å². The molecule has 0 amide bonds. The Morgan fingerprint density at radius 3 is 2.68 bits per heavy atom. The van der Waals surface area contributed by atoms with Crippen LogP contribution in [-0.2, 0) is 4.74 Å². The molecule has 1 aromatic heterocycles. The number of fused-ring (bicyclic) bond motifs is 1. The monoisotopic (exact) mass is 279 g/mol. The molecule has 2 aromatic rings. The molecule has 102 valence electrons. The Hall–Kier alpha value is -1.39. The molecule has 1 atom stereocenters. The summed E-state index contributed by atoms with van der Waals surface area (Å²) in [4.78, 5) is 0. The summed E-state index contributed by atoms with van der Waals surface area (Å²) in [5.74, 6) is 0.760. The summed E-state index contributed by atoms with van der Waals surface area (Å²) in [5.41, 5.74) is 0. The zero-order valence-electron chi connectivity index (χ0n) is 11.2. The van der Waals surface area contributed by atoms with Gasteiger partial charge in [-0.15, -0.1) is 10.2 Å². The summed E-state index contributed by atoms with van der Waals surface area (Å²) in [6, 6.07) is 8.08. The first-order valence-corrected chi connectivity index (χ1v) is 6.80. The largest absolute Gasteiger partial charge is 0.383 e. The number of anilines is 1. The summed E-state index contributed by atoms with van der Waals surface area (Å²) < 4.78 is 5.23. The molecule has 0 bridgehead atoms. The van der Waals surface area contributed by atoms with Gasteiger partial charge in [0.1, 0.15) is 0 Å². The highest BCUT2D eigenvalue weighted by atomic mass is 35.5. The van der Waals surface area contributed by atoms with E-state index in [-0.39, 0.29) is 6.04 Å². The number of hydrogen-bond donors (Lipinski definition) is 1. The van der Waals surface area contributed by atoms with Crippen LogP contribution in [0.3, 0.4) is 0 Å². The Morgan fingerprint density at radius 2 is 2.00 bits per heavy atom. The van der Waals surface area contributed by atoms with Crippen molar-refractivity contribution in [1.29, 1.82) is 0 Å². The van der Waals surface area contributed by atoms with Crippen molar-refractivity contribution in [2.45, 2.75) is 25.8 Å². The first-order valence-electron chi connectivity index (χ1n) is 6.42. The lowest BCUT2D eigenvalue weighted by Crippen LogP contribution is -2.25. The van der Waals surface area contributed by atoms with E-state index in [1.165, 1.54) is 0 Å². The van der Waals surface area contributed by atoms with Gasteiger partial charge < -0.3 is 10.1 Å². The van der Waals surface area contributed by atoms with E-state index in [1.807, 2.05) is 24.3 Å². The fourth-order valence-electron chi connectivity index (χ4n) is 2.12. The summed E-state index contributed by atoms with van der Waals surface area (Å²) in [6.45, 7) is 2.79. The van der Waals surface area contributed by atoms with Gasteiger partial charge in [0.15, 0.2) is 11.0 Å². The van der Waals surface area contributed by atoms with Gasteiger partial charge in [-0.3, -0.25) is 0 Å². The number of aromatic nitrogens is 2. The van der Waals surface area contributed by atoms with Crippen LogP contribution >= 0.6 is 11.6 Å². The highest BCUT2D eigenvalue weighted by Crippen LogP contribution is 2.26. The zero-order chi connectivity index (χ0) is 13.7. The van der Waals surface area contributed by atoms with E-state index in [0.29, 0.717) is 11.8 Å². The summed E-state index contributed by atoms with van der Waals surface area (Å²) in [7, 11) is 1.70. The predicted octanol–water partition coefficient (Wildman–Crippen LogP) is 3.51. The normalized spacial score (nSPS) is 12.6. The lowest BCUT2D eigenvalue weighted by Gasteiger charge is -2.18. The van der Waals surface area contributed by atoms with Crippen molar-refractivity contribution >= 4 is 28.2 Å². The minimum atomic E-state index is 0.230. The topological polar surface area (TPSA) is 47.0 Å². The van der Waals surface area contributed by atoms with E-state index in [1.54, 1.807) is 7.11 Å². The average molecular weight is 280 g/mol. The number of ether oxygens (including phenoxy) is 1.